The minimum atomic E-state index is -2.30. The van der Waals surface area contributed by atoms with Crippen molar-refractivity contribution >= 4 is 7.14 Å². The van der Waals surface area contributed by atoms with Crippen LogP contribution >= 0.6 is 7.14 Å². The zero-order chi connectivity index (χ0) is 13.6. The smallest absolute Gasteiger partial charge is 0.107 e. The second-order valence-electron chi connectivity index (χ2n) is 7.15. The molecule has 3 fully saturated rings. The zero-order valence-corrected chi connectivity index (χ0v) is 13.1. The van der Waals surface area contributed by atoms with E-state index in [1.165, 1.54) is 32.1 Å². The van der Waals surface area contributed by atoms with Gasteiger partial charge in [-0.3, -0.25) is 5.32 Å². The van der Waals surface area contributed by atoms with Gasteiger partial charge in [0.2, 0.25) is 0 Å². The van der Waals surface area contributed by atoms with Gasteiger partial charge in [0.15, 0.2) is 0 Å². The van der Waals surface area contributed by atoms with Crippen LogP contribution in [0.3, 0.4) is 0 Å². The average Bonchev–Trinajstić information content (AvgIpc) is 2.60. The summed E-state index contributed by atoms with van der Waals surface area (Å²) in [5.74, 6) is 0. The van der Waals surface area contributed by atoms with Gasteiger partial charge in [-0.25, -0.2) is 0 Å². The first-order valence-electron chi connectivity index (χ1n) is 8.06. The van der Waals surface area contributed by atoms with Crippen LogP contribution in [0, 0.1) is 0 Å². The molecule has 4 heteroatoms. The van der Waals surface area contributed by atoms with Gasteiger partial charge in [-0.05, 0) is 38.8 Å². The highest BCUT2D eigenvalue weighted by Crippen LogP contribution is 2.69. The van der Waals surface area contributed by atoms with Crippen LogP contribution in [-0.2, 0) is 4.57 Å². The highest BCUT2D eigenvalue weighted by Gasteiger charge is 2.64. The highest BCUT2D eigenvalue weighted by molar-refractivity contribution is 7.65. The molecule has 2 saturated carbocycles. The topological polar surface area (TPSA) is 49.3 Å². The largest absolute Gasteiger partial charge is 0.387 e. The number of rotatable bonds is 2. The minimum absolute atomic E-state index is 0.458. The lowest BCUT2D eigenvalue weighted by molar-refractivity contribution is -0.0440. The van der Waals surface area contributed by atoms with E-state index in [0.29, 0.717) is 6.04 Å². The lowest BCUT2D eigenvalue weighted by Crippen LogP contribution is -2.63. The van der Waals surface area contributed by atoms with E-state index in [2.05, 4.69) is 5.32 Å². The molecule has 1 heterocycles. The fourth-order valence-corrected chi connectivity index (χ4v) is 8.13. The molecule has 0 spiro atoms. The van der Waals surface area contributed by atoms with E-state index >= 15 is 0 Å². The molecule has 0 bridgehead atoms. The Hall–Kier alpha value is 0.150. The molecule has 0 aromatic rings. The van der Waals surface area contributed by atoms with E-state index in [4.69, 9.17) is 0 Å². The molecule has 0 radical (unpaired) electrons. The van der Waals surface area contributed by atoms with Crippen LogP contribution in [0.15, 0.2) is 0 Å². The molecule has 0 unspecified atom stereocenters. The zero-order valence-electron chi connectivity index (χ0n) is 12.2. The Labute approximate surface area is 116 Å². The summed E-state index contributed by atoms with van der Waals surface area (Å²) in [6.45, 7) is 1.94. The van der Waals surface area contributed by atoms with E-state index in [-0.39, 0.29) is 0 Å². The molecule has 3 atom stereocenters. The van der Waals surface area contributed by atoms with E-state index in [9.17, 15) is 9.67 Å². The van der Waals surface area contributed by atoms with Gasteiger partial charge in [0, 0.05) is 12.2 Å². The Balaban J connectivity index is 1.89. The third-order valence-electron chi connectivity index (χ3n) is 5.96. The molecule has 1 aliphatic heterocycles. The summed E-state index contributed by atoms with van der Waals surface area (Å²) in [6, 6.07) is 0.477. The maximum Gasteiger partial charge on any atom is 0.107 e. The lowest BCUT2D eigenvalue weighted by atomic mass is 9.77. The number of nitrogens with one attached hydrogen (secondary N) is 1. The number of hydrogen-bond acceptors (Lipinski definition) is 3. The standard InChI is InChI=1S/C15H28NO2P/c1-19(18)12-11-14(17)9-5-6-10-15(14,19)16-13-7-3-2-4-8-13/h13,16-17H,2-12H2,1H3/t14-,15-,19+/m0/s1. The molecule has 110 valence electrons. The predicted octanol–water partition coefficient (Wildman–Crippen LogP) is 3.31. The minimum Gasteiger partial charge on any atom is -0.387 e. The maximum absolute atomic E-state index is 13.2. The summed E-state index contributed by atoms with van der Waals surface area (Å²) in [7, 11) is -2.30. The van der Waals surface area contributed by atoms with Crippen molar-refractivity contribution in [1.29, 1.82) is 0 Å². The Morgan fingerprint density at radius 3 is 2.47 bits per heavy atom. The van der Waals surface area contributed by atoms with Crippen molar-refractivity contribution < 1.29 is 9.67 Å². The molecule has 2 aliphatic carbocycles. The Morgan fingerprint density at radius 2 is 1.74 bits per heavy atom. The summed E-state index contributed by atoms with van der Waals surface area (Å²) in [5, 5.41) is 14.4. The molecule has 19 heavy (non-hydrogen) atoms. The van der Waals surface area contributed by atoms with Crippen molar-refractivity contribution in [2.24, 2.45) is 0 Å². The molecular formula is C15H28NO2P. The summed E-state index contributed by atoms with van der Waals surface area (Å²) in [5.41, 5.74) is -0.701. The van der Waals surface area contributed by atoms with Crippen LogP contribution in [0.2, 0.25) is 0 Å². The van der Waals surface area contributed by atoms with Gasteiger partial charge in [-0.1, -0.05) is 32.1 Å². The summed E-state index contributed by atoms with van der Waals surface area (Å²) in [6.07, 6.45) is 11.7. The number of aliphatic hydroxyl groups is 1. The van der Waals surface area contributed by atoms with Crippen LogP contribution in [-0.4, -0.2) is 34.9 Å². The van der Waals surface area contributed by atoms with E-state index in [1.807, 2.05) is 6.66 Å². The summed E-state index contributed by atoms with van der Waals surface area (Å²) < 4.78 is 13.2. The summed E-state index contributed by atoms with van der Waals surface area (Å²) >= 11 is 0. The van der Waals surface area contributed by atoms with Gasteiger partial charge in [-0.15, -0.1) is 0 Å². The number of hydrogen-bond donors (Lipinski definition) is 2. The monoisotopic (exact) mass is 285 g/mol. The third-order valence-corrected chi connectivity index (χ3v) is 9.42. The van der Waals surface area contributed by atoms with Gasteiger partial charge in [0.25, 0.3) is 0 Å². The molecule has 2 N–H and O–H groups in total. The second kappa shape index (κ2) is 4.86. The fourth-order valence-electron chi connectivity index (χ4n) is 4.76. The van der Waals surface area contributed by atoms with E-state index in [1.54, 1.807) is 0 Å². The molecule has 1 saturated heterocycles. The first-order chi connectivity index (χ1) is 8.99. The Bertz CT molecular complexity index is 394. The van der Waals surface area contributed by atoms with Crippen molar-refractivity contribution in [2.75, 3.05) is 12.8 Å². The number of fused-ring (bicyclic) bond motifs is 1. The van der Waals surface area contributed by atoms with Crippen molar-refractivity contribution in [3.8, 4) is 0 Å². The van der Waals surface area contributed by atoms with Crippen molar-refractivity contribution in [1.82, 2.24) is 5.32 Å². The van der Waals surface area contributed by atoms with Gasteiger partial charge in [0.1, 0.15) is 12.4 Å². The molecular weight excluding hydrogens is 257 g/mol. The van der Waals surface area contributed by atoms with E-state index in [0.717, 1.165) is 38.3 Å². The quantitative estimate of drug-likeness (QED) is 0.765. The van der Waals surface area contributed by atoms with Crippen LogP contribution in [0.1, 0.15) is 64.2 Å². The van der Waals surface area contributed by atoms with Crippen molar-refractivity contribution in [3.05, 3.63) is 0 Å². The Morgan fingerprint density at radius 1 is 1.05 bits per heavy atom. The first-order valence-corrected chi connectivity index (χ1v) is 10.4. The normalized spacial score (nSPS) is 48.1. The second-order valence-corrected chi connectivity index (χ2v) is 10.6. The summed E-state index contributed by atoms with van der Waals surface area (Å²) in [4.78, 5) is 0. The van der Waals surface area contributed by atoms with E-state index < -0.39 is 18.0 Å². The SMILES string of the molecule is C[P@@]1(=O)CC[C@@]2(O)CCCC[C@@]21NC1CCCCC1. The lowest BCUT2D eigenvalue weighted by Gasteiger charge is -2.50. The highest BCUT2D eigenvalue weighted by atomic mass is 31.2. The van der Waals surface area contributed by atoms with Gasteiger partial charge in [-0.2, -0.15) is 0 Å². The molecule has 0 amide bonds. The molecule has 3 nitrogen and oxygen atoms in total. The average molecular weight is 285 g/mol. The van der Waals surface area contributed by atoms with Crippen LogP contribution < -0.4 is 5.32 Å². The van der Waals surface area contributed by atoms with Gasteiger partial charge >= 0.3 is 0 Å². The molecule has 0 aromatic carbocycles. The molecule has 3 aliphatic rings. The van der Waals surface area contributed by atoms with Gasteiger partial charge < -0.3 is 9.67 Å². The molecule has 0 aromatic heterocycles. The van der Waals surface area contributed by atoms with Crippen molar-refractivity contribution in [2.45, 2.75) is 81.1 Å². The third kappa shape index (κ3) is 2.13. The molecule has 3 rings (SSSR count). The van der Waals surface area contributed by atoms with Crippen molar-refractivity contribution in [3.63, 3.8) is 0 Å². The van der Waals surface area contributed by atoms with Gasteiger partial charge in [0.05, 0.1) is 5.60 Å². The maximum atomic E-state index is 13.2. The van der Waals surface area contributed by atoms with Crippen LogP contribution in [0.4, 0.5) is 0 Å². The fraction of sp³-hybridized carbons (Fsp3) is 1.00. The Kier molecular flexibility index (Phi) is 3.61. The first kappa shape index (κ1) is 14.1. The van der Waals surface area contributed by atoms with Crippen LogP contribution in [0.5, 0.6) is 0 Å². The van der Waals surface area contributed by atoms with Crippen LogP contribution in [0.25, 0.3) is 0 Å². The predicted molar refractivity (Wildman–Crippen MR) is 79.2 cm³/mol.